The molecule has 0 saturated carbocycles. The van der Waals surface area contributed by atoms with Gasteiger partial charge in [0.05, 0.1) is 6.04 Å². The Bertz CT molecular complexity index is 367. The normalized spacial score (nSPS) is 18.8. The average Bonchev–Trinajstić information content (AvgIpc) is 2.01. The minimum Gasteiger partial charge on any atom is -0.508 e. The summed E-state index contributed by atoms with van der Waals surface area (Å²) in [7, 11) is 0. The Hall–Kier alpha value is -1.60. The van der Waals surface area contributed by atoms with Crippen LogP contribution in [0.1, 0.15) is 17.2 Å². The van der Waals surface area contributed by atoms with E-state index in [-0.39, 0.29) is 11.8 Å². The van der Waals surface area contributed by atoms with E-state index in [4.69, 9.17) is 5.11 Å². The minimum absolute atomic E-state index is 0.0295. The molecule has 1 N–H and O–H groups in total. The molecule has 0 radical (unpaired) electrons. The monoisotopic (exact) mass is 161 g/mol. The molecule has 1 unspecified atom stereocenters. The van der Waals surface area contributed by atoms with Crippen molar-refractivity contribution in [2.24, 2.45) is 4.99 Å². The van der Waals surface area contributed by atoms with Crippen molar-refractivity contribution in [2.75, 3.05) is 0 Å². The first-order chi connectivity index (χ1) is 5.81. The van der Waals surface area contributed by atoms with Crippen LogP contribution in [0.15, 0.2) is 23.2 Å². The number of fused-ring (bicyclic) bond motifs is 1. The van der Waals surface area contributed by atoms with Crippen LogP contribution in [-0.2, 0) is 11.2 Å². The lowest BCUT2D eigenvalue weighted by Crippen LogP contribution is -2.14. The lowest BCUT2D eigenvalue weighted by Gasteiger charge is -2.25. The summed E-state index contributed by atoms with van der Waals surface area (Å²) in [5.74, 6) is 0.266. The van der Waals surface area contributed by atoms with Crippen molar-refractivity contribution in [1.82, 2.24) is 0 Å². The summed E-state index contributed by atoms with van der Waals surface area (Å²) in [4.78, 5) is 13.6. The summed E-state index contributed by atoms with van der Waals surface area (Å²) < 4.78 is 0. The van der Waals surface area contributed by atoms with Gasteiger partial charge >= 0.3 is 0 Å². The Morgan fingerprint density at radius 2 is 2.42 bits per heavy atom. The zero-order valence-corrected chi connectivity index (χ0v) is 6.32. The first-order valence-corrected chi connectivity index (χ1v) is 3.70. The number of phenols is 1. The Kier molecular flexibility index (Phi) is 1.45. The number of phenolic OH excluding ortho intramolecular Hbond substituents is 1. The van der Waals surface area contributed by atoms with Gasteiger partial charge in [-0.1, -0.05) is 6.07 Å². The lowest BCUT2D eigenvalue weighted by molar-refractivity contribution is 0.471. The van der Waals surface area contributed by atoms with Gasteiger partial charge in [-0.15, -0.1) is 0 Å². The highest BCUT2D eigenvalue weighted by Crippen LogP contribution is 2.37. The van der Waals surface area contributed by atoms with Crippen LogP contribution in [0.25, 0.3) is 0 Å². The van der Waals surface area contributed by atoms with Gasteiger partial charge in [0.15, 0.2) is 0 Å². The summed E-state index contributed by atoms with van der Waals surface area (Å²) in [6, 6.07) is 5.06. The first-order valence-electron chi connectivity index (χ1n) is 3.70. The van der Waals surface area contributed by atoms with Crippen LogP contribution in [0.2, 0.25) is 0 Å². The molecule has 0 fully saturated rings. The Labute approximate surface area is 69.4 Å². The Morgan fingerprint density at radius 1 is 1.58 bits per heavy atom. The fourth-order valence-corrected chi connectivity index (χ4v) is 1.46. The maximum atomic E-state index is 9.94. The Morgan fingerprint density at radius 3 is 3.08 bits per heavy atom. The zero-order chi connectivity index (χ0) is 8.55. The molecule has 0 heterocycles. The molecule has 0 bridgehead atoms. The quantitative estimate of drug-likeness (QED) is 0.499. The molecule has 0 aromatic heterocycles. The Balaban J connectivity index is 2.36. The maximum Gasteiger partial charge on any atom is 0.235 e. The summed E-state index contributed by atoms with van der Waals surface area (Å²) in [6.07, 6.45) is 2.27. The van der Waals surface area contributed by atoms with Gasteiger partial charge in [-0.2, -0.15) is 4.99 Å². The highest BCUT2D eigenvalue weighted by molar-refractivity contribution is 5.46. The summed E-state index contributed by atoms with van der Waals surface area (Å²) in [6.45, 7) is 0. The van der Waals surface area contributed by atoms with E-state index in [1.54, 1.807) is 18.2 Å². The van der Waals surface area contributed by atoms with E-state index in [2.05, 4.69) is 4.99 Å². The molecule has 1 aromatic rings. The van der Waals surface area contributed by atoms with Gasteiger partial charge in [0.1, 0.15) is 5.75 Å². The van der Waals surface area contributed by atoms with Crippen molar-refractivity contribution in [3.8, 4) is 5.75 Å². The van der Waals surface area contributed by atoms with Crippen LogP contribution >= 0.6 is 0 Å². The molecule has 3 nitrogen and oxygen atoms in total. The van der Waals surface area contributed by atoms with Crippen molar-refractivity contribution < 1.29 is 9.90 Å². The zero-order valence-electron chi connectivity index (χ0n) is 6.32. The number of carbonyl (C=O) groups excluding carboxylic acids is 1. The number of hydrogen-bond acceptors (Lipinski definition) is 3. The number of aromatic hydroxyl groups is 1. The molecule has 0 amide bonds. The van der Waals surface area contributed by atoms with Crippen molar-refractivity contribution in [2.45, 2.75) is 12.5 Å². The lowest BCUT2D eigenvalue weighted by atomic mass is 9.84. The highest BCUT2D eigenvalue weighted by Gasteiger charge is 2.25. The number of aliphatic imine (C=N–C) groups is 1. The molecule has 0 spiro atoms. The second kappa shape index (κ2) is 2.47. The van der Waals surface area contributed by atoms with Crippen molar-refractivity contribution in [3.05, 3.63) is 29.3 Å². The topological polar surface area (TPSA) is 49.7 Å². The van der Waals surface area contributed by atoms with Crippen LogP contribution < -0.4 is 0 Å². The molecule has 1 atom stereocenters. The minimum atomic E-state index is -0.0295. The second-order valence-electron chi connectivity index (χ2n) is 2.82. The third-order valence-electron chi connectivity index (χ3n) is 2.11. The summed E-state index contributed by atoms with van der Waals surface area (Å²) in [5, 5.41) is 9.08. The van der Waals surface area contributed by atoms with Gasteiger partial charge in [0, 0.05) is 6.42 Å². The molecule has 0 saturated heterocycles. The van der Waals surface area contributed by atoms with E-state index < -0.39 is 0 Å². The van der Waals surface area contributed by atoms with Gasteiger partial charge in [-0.25, -0.2) is 4.79 Å². The first kappa shape index (κ1) is 7.07. The van der Waals surface area contributed by atoms with E-state index >= 15 is 0 Å². The third-order valence-corrected chi connectivity index (χ3v) is 2.11. The predicted molar refractivity (Wildman–Crippen MR) is 42.7 cm³/mol. The highest BCUT2D eigenvalue weighted by atomic mass is 16.3. The molecular formula is C9H7NO2. The predicted octanol–water partition coefficient (Wildman–Crippen LogP) is 1.33. The van der Waals surface area contributed by atoms with E-state index in [0.29, 0.717) is 0 Å². The number of nitrogens with zero attached hydrogens (tertiary/aromatic N) is 1. The molecular weight excluding hydrogens is 154 g/mol. The molecule has 3 heteroatoms. The van der Waals surface area contributed by atoms with E-state index in [1.165, 1.54) is 6.08 Å². The van der Waals surface area contributed by atoms with Crippen molar-refractivity contribution in [1.29, 1.82) is 0 Å². The number of benzene rings is 1. The van der Waals surface area contributed by atoms with Gasteiger partial charge < -0.3 is 5.11 Å². The maximum absolute atomic E-state index is 9.94. The van der Waals surface area contributed by atoms with Crippen LogP contribution in [0.3, 0.4) is 0 Å². The summed E-state index contributed by atoms with van der Waals surface area (Å²) >= 11 is 0. The van der Waals surface area contributed by atoms with Gasteiger partial charge in [0.25, 0.3) is 0 Å². The molecule has 1 aliphatic rings. The molecule has 2 rings (SSSR count). The number of rotatable bonds is 1. The number of isocyanates is 1. The SMILES string of the molecule is O=C=NC1Cc2cc(O)ccc21. The smallest absolute Gasteiger partial charge is 0.235 e. The largest absolute Gasteiger partial charge is 0.508 e. The molecule has 12 heavy (non-hydrogen) atoms. The van der Waals surface area contributed by atoms with E-state index in [0.717, 1.165) is 17.5 Å². The third kappa shape index (κ3) is 0.917. The van der Waals surface area contributed by atoms with Crippen LogP contribution in [0, 0.1) is 0 Å². The van der Waals surface area contributed by atoms with Crippen LogP contribution in [0.4, 0.5) is 0 Å². The van der Waals surface area contributed by atoms with Gasteiger partial charge in [0.2, 0.25) is 6.08 Å². The fourth-order valence-electron chi connectivity index (χ4n) is 1.46. The van der Waals surface area contributed by atoms with Gasteiger partial charge in [-0.05, 0) is 23.3 Å². The molecule has 1 aromatic carbocycles. The van der Waals surface area contributed by atoms with Crippen molar-refractivity contribution >= 4 is 6.08 Å². The van der Waals surface area contributed by atoms with E-state index in [1.807, 2.05) is 0 Å². The van der Waals surface area contributed by atoms with Crippen molar-refractivity contribution in [3.63, 3.8) is 0 Å². The molecule has 0 aliphatic heterocycles. The standard InChI is InChI=1S/C9H7NO2/c11-5-10-9-4-6-3-7(12)1-2-8(6)9/h1-3,9,12H,4H2. The summed E-state index contributed by atoms with van der Waals surface area (Å²) in [5.41, 5.74) is 2.09. The number of hydrogen-bond donors (Lipinski definition) is 1. The fraction of sp³-hybridized carbons (Fsp3) is 0.222. The van der Waals surface area contributed by atoms with Crippen LogP contribution in [-0.4, -0.2) is 11.2 Å². The average molecular weight is 161 g/mol. The van der Waals surface area contributed by atoms with E-state index in [9.17, 15) is 4.79 Å². The molecule has 60 valence electrons. The molecule has 1 aliphatic carbocycles. The van der Waals surface area contributed by atoms with Crippen LogP contribution in [0.5, 0.6) is 5.75 Å². The second-order valence-corrected chi connectivity index (χ2v) is 2.82. The van der Waals surface area contributed by atoms with Gasteiger partial charge in [-0.3, -0.25) is 0 Å².